The van der Waals surface area contributed by atoms with Gasteiger partial charge in [-0.05, 0) is 30.0 Å². The molecule has 0 fully saturated rings. The van der Waals surface area contributed by atoms with Crippen molar-refractivity contribution in [1.82, 2.24) is 16.0 Å². The first-order valence-electron chi connectivity index (χ1n) is 11.4. The van der Waals surface area contributed by atoms with E-state index in [-0.39, 0.29) is 36.7 Å². The second-order valence-electron chi connectivity index (χ2n) is 8.42. The molecule has 0 aliphatic heterocycles. The molecule has 0 aromatic heterocycles. The Kier molecular flexibility index (Phi) is 12.7. The summed E-state index contributed by atoms with van der Waals surface area (Å²) < 4.78 is 0. The third-order valence-electron chi connectivity index (χ3n) is 5.61. The highest BCUT2D eigenvalue weighted by atomic mass is 32.1. The number of amides is 3. The summed E-state index contributed by atoms with van der Waals surface area (Å²) >= 11 is 3.93. The van der Waals surface area contributed by atoms with Crippen molar-refractivity contribution in [3.8, 4) is 5.75 Å². The summed E-state index contributed by atoms with van der Waals surface area (Å²) in [6.45, 7) is 3.50. The molecule has 0 heterocycles. The molecule has 13 heteroatoms. The number of nitrogens with two attached hydrogens (primary N) is 1. The van der Waals surface area contributed by atoms with E-state index >= 15 is 0 Å². The predicted octanol–water partition coefficient (Wildman–Crippen LogP) is -0.358. The summed E-state index contributed by atoms with van der Waals surface area (Å²) in [4.78, 5) is 60.8. The molecule has 3 amide bonds. The normalized spacial score (nSPS) is 15.0. The molecule has 0 spiro atoms. The zero-order chi connectivity index (χ0) is 27.4. The largest absolute Gasteiger partial charge is 0.508 e. The van der Waals surface area contributed by atoms with Crippen LogP contribution >= 0.6 is 12.6 Å². The lowest BCUT2D eigenvalue weighted by molar-refractivity contribution is -0.142. The van der Waals surface area contributed by atoms with E-state index in [1.165, 1.54) is 12.1 Å². The number of carboxylic acids is 2. The molecule has 0 bridgehead atoms. The van der Waals surface area contributed by atoms with E-state index in [1.54, 1.807) is 26.0 Å². The van der Waals surface area contributed by atoms with Gasteiger partial charge in [0.25, 0.3) is 0 Å². The van der Waals surface area contributed by atoms with E-state index in [1.807, 2.05) is 0 Å². The highest BCUT2D eigenvalue weighted by molar-refractivity contribution is 7.80. The molecule has 36 heavy (non-hydrogen) atoms. The van der Waals surface area contributed by atoms with Gasteiger partial charge in [0.05, 0.1) is 6.04 Å². The molecule has 0 aliphatic rings. The summed E-state index contributed by atoms with van der Waals surface area (Å²) in [6, 6.07) is 1.17. The number of rotatable bonds is 15. The van der Waals surface area contributed by atoms with Crippen LogP contribution in [0.3, 0.4) is 0 Å². The molecule has 1 aromatic rings. The Balaban J connectivity index is 3.13. The SMILES string of the molecule is CCC(C)C(NC(=O)C(Cc1ccc(O)cc1)NC(=O)C(N)CCC(=O)O)C(=O)NC(CS)C(=O)O. The Morgan fingerprint density at radius 1 is 0.944 bits per heavy atom. The van der Waals surface area contributed by atoms with Gasteiger partial charge in [0.2, 0.25) is 17.7 Å². The monoisotopic (exact) mass is 526 g/mol. The maximum absolute atomic E-state index is 13.2. The van der Waals surface area contributed by atoms with E-state index < -0.39 is 53.8 Å². The van der Waals surface area contributed by atoms with E-state index in [2.05, 4.69) is 28.6 Å². The van der Waals surface area contributed by atoms with Gasteiger partial charge in [-0.1, -0.05) is 32.4 Å². The molecule has 5 atom stereocenters. The lowest BCUT2D eigenvalue weighted by atomic mass is 9.96. The molecule has 200 valence electrons. The quantitative estimate of drug-likeness (QED) is 0.140. The Morgan fingerprint density at radius 3 is 2.03 bits per heavy atom. The lowest BCUT2D eigenvalue weighted by Crippen LogP contribution is -2.59. The zero-order valence-corrected chi connectivity index (χ0v) is 21.0. The second kappa shape index (κ2) is 14.9. The molecule has 0 aliphatic carbocycles. The fraction of sp³-hybridized carbons (Fsp3) is 0.522. The van der Waals surface area contributed by atoms with Crippen LogP contribution in [0.25, 0.3) is 0 Å². The second-order valence-corrected chi connectivity index (χ2v) is 8.79. The molecule has 0 saturated carbocycles. The summed E-state index contributed by atoms with van der Waals surface area (Å²) in [6.07, 6.45) is -0.0265. The van der Waals surface area contributed by atoms with Crippen molar-refractivity contribution in [2.45, 2.75) is 63.7 Å². The van der Waals surface area contributed by atoms with Crippen LogP contribution in [0.5, 0.6) is 5.75 Å². The molecule has 0 radical (unpaired) electrons. The van der Waals surface area contributed by atoms with Crippen molar-refractivity contribution >= 4 is 42.3 Å². The number of carboxylic acid groups (broad SMARTS) is 2. The summed E-state index contributed by atoms with van der Waals surface area (Å²) in [5.74, 6) is -5.12. The number of hydrogen-bond acceptors (Lipinski definition) is 8. The van der Waals surface area contributed by atoms with Crippen LogP contribution in [-0.4, -0.2) is 74.9 Å². The van der Waals surface area contributed by atoms with Gasteiger partial charge in [-0.2, -0.15) is 12.6 Å². The van der Waals surface area contributed by atoms with E-state index in [9.17, 15) is 34.2 Å². The van der Waals surface area contributed by atoms with E-state index in [0.29, 0.717) is 12.0 Å². The Bertz CT molecular complexity index is 927. The van der Waals surface area contributed by atoms with Crippen LogP contribution in [0.1, 0.15) is 38.7 Å². The van der Waals surface area contributed by atoms with Crippen molar-refractivity contribution in [1.29, 1.82) is 0 Å². The van der Waals surface area contributed by atoms with Gasteiger partial charge < -0.3 is 37.0 Å². The van der Waals surface area contributed by atoms with Crippen LogP contribution in [0.4, 0.5) is 0 Å². The first-order chi connectivity index (χ1) is 16.9. The summed E-state index contributed by atoms with van der Waals surface area (Å²) in [5.41, 5.74) is 6.36. The van der Waals surface area contributed by atoms with Gasteiger partial charge >= 0.3 is 11.9 Å². The Hall–Kier alpha value is -3.32. The van der Waals surface area contributed by atoms with Crippen molar-refractivity contribution in [3.05, 3.63) is 29.8 Å². The standard InChI is InChI=1S/C23H34N4O8S/c1-3-12(2)19(22(33)26-17(11-36)23(34)35)27-21(32)16(10-13-4-6-14(28)7-5-13)25-20(31)15(24)8-9-18(29)30/h4-7,12,15-17,19,28,36H,3,8-11,24H2,1-2H3,(H,25,31)(H,26,33)(H,27,32)(H,29,30)(H,34,35). The fourth-order valence-electron chi connectivity index (χ4n) is 3.17. The topological polar surface area (TPSA) is 208 Å². The molecular formula is C23H34N4O8S. The van der Waals surface area contributed by atoms with Crippen molar-refractivity contribution < 1.29 is 39.3 Å². The lowest BCUT2D eigenvalue weighted by Gasteiger charge is -2.28. The average Bonchev–Trinajstić information content (AvgIpc) is 2.83. The van der Waals surface area contributed by atoms with Crippen LogP contribution in [0.2, 0.25) is 0 Å². The minimum Gasteiger partial charge on any atom is -0.508 e. The Morgan fingerprint density at radius 2 is 1.53 bits per heavy atom. The Labute approximate surface area is 214 Å². The third kappa shape index (κ3) is 10.1. The number of benzene rings is 1. The molecule has 1 rings (SSSR count). The van der Waals surface area contributed by atoms with Crippen molar-refractivity contribution in [3.63, 3.8) is 0 Å². The van der Waals surface area contributed by atoms with Crippen LogP contribution in [0, 0.1) is 5.92 Å². The van der Waals surface area contributed by atoms with Gasteiger partial charge in [-0.3, -0.25) is 19.2 Å². The van der Waals surface area contributed by atoms with Gasteiger partial charge in [0, 0.05) is 18.6 Å². The third-order valence-corrected chi connectivity index (χ3v) is 5.97. The van der Waals surface area contributed by atoms with Gasteiger partial charge in [0.1, 0.15) is 23.9 Å². The minimum atomic E-state index is -1.28. The van der Waals surface area contributed by atoms with Gasteiger partial charge in [0.15, 0.2) is 0 Å². The highest BCUT2D eigenvalue weighted by Crippen LogP contribution is 2.13. The number of carbonyl (C=O) groups excluding carboxylic acids is 3. The smallest absolute Gasteiger partial charge is 0.327 e. The number of nitrogens with one attached hydrogen (secondary N) is 3. The maximum Gasteiger partial charge on any atom is 0.327 e. The fourth-order valence-corrected chi connectivity index (χ4v) is 3.42. The zero-order valence-electron chi connectivity index (χ0n) is 20.1. The van der Waals surface area contributed by atoms with Crippen LogP contribution in [0.15, 0.2) is 24.3 Å². The van der Waals surface area contributed by atoms with Crippen LogP contribution < -0.4 is 21.7 Å². The van der Waals surface area contributed by atoms with Crippen molar-refractivity contribution in [2.24, 2.45) is 11.7 Å². The summed E-state index contributed by atoms with van der Waals surface area (Å²) in [5, 5.41) is 35.0. The van der Waals surface area contributed by atoms with Gasteiger partial charge in [-0.25, -0.2) is 4.79 Å². The number of phenols is 1. The number of hydrogen-bond donors (Lipinski definition) is 8. The summed E-state index contributed by atoms with van der Waals surface area (Å²) in [7, 11) is 0. The molecule has 1 aromatic carbocycles. The first-order valence-corrected chi connectivity index (χ1v) is 12.0. The highest BCUT2D eigenvalue weighted by Gasteiger charge is 2.32. The maximum atomic E-state index is 13.2. The van der Waals surface area contributed by atoms with Gasteiger partial charge in [-0.15, -0.1) is 0 Å². The van der Waals surface area contributed by atoms with E-state index in [4.69, 9.17) is 10.8 Å². The molecule has 12 nitrogen and oxygen atoms in total. The molecular weight excluding hydrogens is 492 g/mol. The predicted molar refractivity (Wildman–Crippen MR) is 133 cm³/mol. The molecule has 5 unspecified atom stereocenters. The number of aromatic hydroxyl groups is 1. The number of aliphatic carboxylic acids is 2. The van der Waals surface area contributed by atoms with Crippen molar-refractivity contribution in [2.75, 3.05) is 5.75 Å². The first kappa shape index (κ1) is 30.7. The molecule has 0 saturated heterocycles. The molecule has 8 N–H and O–H groups in total. The number of phenolic OH excluding ortho intramolecular Hbond substituents is 1. The minimum absolute atomic E-state index is 0.00478. The average molecular weight is 527 g/mol. The van der Waals surface area contributed by atoms with Crippen LogP contribution in [-0.2, 0) is 30.4 Å². The number of carbonyl (C=O) groups is 5. The number of thiol groups is 1. The van der Waals surface area contributed by atoms with E-state index in [0.717, 1.165) is 0 Å².